The van der Waals surface area contributed by atoms with Crippen molar-refractivity contribution in [1.82, 2.24) is 4.72 Å². The summed E-state index contributed by atoms with van der Waals surface area (Å²) in [7, 11) is -3.79. The summed E-state index contributed by atoms with van der Waals surface area (Å²) in [4.78, 5) is -0.308. The summed E-state index contributed by atoms with van der Waals surface area (Å²) in [5.41, 5.74) is 6.04. The van der Waals surface area contributed by atoms with Gasteiger partial charge in [0.1, 0.15) is 10.7 Å². The molecule has 1 aromatic carbocycles. The average molecular weight is 272 g/mol. The van der Waals surface area contributed by atoms with Crippen LogP contribution in [0, 0.1) is 5.82 Å². The predicted molar refractivity (Wildman–Crippen MR) is 66.9 cm³/mol. The van der Waals surface area contributed by atoms with E-state index in [0.717, 1.165) is 31.7 Å². The molecule has 1 aromatic rings. The van der Waals surface area contributed by atoms with E-state index in [1.165, 1.54) is 12.1 Å². The van der Waals surface area contributed by atoms with Gasteiger partial charge in [-0.2, -0.15) is 0 Å². The first kappa shape index (κ1) is 13.5. The first-order valence-electron chi connectivity index (χ1n) is 6.04. The van der Waals surface area contributed by atoms with Gasteiger partial charge in [-0.15, -0.1) is 0 Å². The topological polar surface area (TPSA) is 72.2 Å². The molecule has 1 aliphatic carbocycles. The molecule has 0 saturated heterocycles. The molecule has 0 amide bonds. The van der Waals surface area contributed by atoms with Gasteiger partial charge in [0.05, 0.1) is 0 Å². The van der Waals surface area contributed by atoms with Crippen LogP contribution in [-0.2, 0) is 16.6 Å². The van der Waals surface area contributed by atoms with Gasteiger partial charge in [0.25, 0.3) is 0 Å². The van der Waals surface area contributed by atoms with E-state index < -0.39 is 15.8 Å². The number of hydrogen-bond acceptors (Lipinski definition) is 3. The largest absolute Gasteiger partial charge is 0.326 e. The van der Waals surface area contributed by atoms with Crippen LogP contribution in [0.3, 0.4) is 0 Å². The van der Waals surface area contributed by atoms with Gasteiger partial charge in [-0.1, -0.05) is 18.9 Å². The maximum absolute atomic E-state index is 13.6. The molecule has 0 heterocycles. The fourth-order valence-electron chi connectivity index (χ4n) is 2.21. The minimum atomic E-state index is -3.79. The summed E-state index contributed by atoms with van der Waals surface area (Å²) in [6.45, 7) is 0.187. The molecule has 0 atom stereocenters. The smallest absolute Gasteiger partial charge is 0.243 e. The van der Waals surface area contributed by atoms with Crippen LogP contribution < -0.4 is 10.5 Å². The van der Waals surface area contributed by atoms with Gasteiger partial charge >= 0.3 is 0 Å². The fraction of sp³-hybridized carbons (Fsp3) is 0.500. The van der Waals surface area contributed by atoms with Gasteiger partial charge in [0.2, 0.25) is 10.0 Å². The van der Waals surface area contributed by atoms with Crippen LogP contribution in [0.2, 0.25) is 0 Å². The van der Waals surface area contributed by atoms with E-state index in [4.69, 9.17) is 5.73 Å². The molecule has 0 aromatic heterocycles. The lowest BCUT2D eigenvalue weighted by Crippen LogP contribution is -2.33. The van der Waals surface area contributed by atoms with Crippen LogP contribution >= 0.6 is 0 Å². The third-order valence-electron chi connectivity index (χ3n) is 3.20. The Bertz CT molecular complexity index is 525. The van der Waals surface area contributed by atoms with Crippen LogP contribution in [0.5, 0.6) is 0 Å². The summed E-state index contributed by atoms with van der Waals surface area (Å²) < 4.78 is 40.3. The Labute approximate surface area is 106 Å². The van der Waals surface area contributed by atoms with Gasteiger partial charge in [-0.25, -0.2) is 17.5 Å². The van der Waals surface area contributed by atoms with Crippen molar-refractivity contribution in [3.8, 4) is 0 Å². The van der Waals surface area contributed by atoms with Crippen molar-refractivity contribution in [3.63, 3.8) is 0 Å². The van der Waals surface area contributed by atoms with Gasteiger partial charge in [0.15, 0.2) is 0 Å². The second-order valence-corrected chi connectivity index (χ2v) is 6.25. The number of halogens is 1. The SMILES string of the molecule is NCc1ccc(F)c(S(=O)(=O)NC2CCCC2)c1. The predicted octanol–water partition coefficient (Wildman–Crippen LogP) is 1.51. The first-order chi connectivity index (χ1) is 8.53. The van der Waals surface area contributed by atoms with E-state index in [2.05, 4.69) is 4.72 Å². The number of benzene rings is 1. The zero-order valence-corrected chi connectivity index (χ0v) is 10.8. The van der Waals surface area contributed by atoms with Gasteiger partial charge in [-0.05, 0) is 30.5 Å². The van der Waals surface area contributed by atoms with Crippen molar-refractivity contribution in [3.05, 3.63) is 29.6 Å². The molecule has 2 rings (SSSR count). The van der Waals surface area contributed by atoms with Crippen molar-refractivity contribution in [2.24, 2.45) is 5.73 Å². The summed E-state index contributed by atoms with van der Waals surface area (Å²) in [6, 6.07) is 3.86. The molecule has 0 radical (unpaired) electrons. The maximum atomic E-state index is 13.6. The summed E-state index contributed by atoms with van der Waals surface area (Å²) in [5.74, 6) is -0.738. The third-order valence-corrected chi connectivity index (χ3v) is 4.73. The van der Waals surface area contributed by atoms with Crippen LogP contribution in [-0.4, -0.2) is 14.5 Å². The molecule has 0 unspecified atom stereocenters. The number of sulfonamides is 1. The summed E-state index contributed by atoms with van der Waals surface area (Å²) >= 11 is 0. The molecular formula is C12H17FN2O2S. The van der Waals surface area contributed by atoms with Crippen LogP contribution in [0.4, 0.5) is 4.39 Å². The van der Waals surface area contributed by atoms with Crippen LogP contribution in [0.25, 0.3) is 0 Å². The highest BCUT2D eigenvalue weighted by Crippen LogP contribution is 2.22. The minimum Gasteiger partial charge on any atom is -0.326 e. The number of nitrogens with two attached hydrogens (primary N) is 1. The zero-order valence-electron chi connectivity index (χ0n) is 10.0. The van der Waals surface area contributed by atoms with Gasteiger partial charge in [0, 0.05) is 12.6 Å². The number of nitrogens with one attached hydrogen (secondary N) is 1. The molecule has 1 aliphatic rings. The molecule has 100 valence electrons. The Morgan fingerprint density at radius 1 is 1.33 bits per heavy atom. The quantitative estimate of drug-likeness (QED) is 0.872. The Morgan fingerprint density at radius 3 is 2.61 bits per heavy atom. The lowest BCUT2D eigenvalue weighted by molar-refractivity contribution is 0.536. The van der Waals surface area contributed by atoms with Gasteiger partial charge < -0.3 is 5.73 Å². The lowest BCUT2D eigenvalue weighted by Gasteiger charge is -2.13. The highest BCUT2D eigenvalue weighted by Gasteiger charge is 2.25. The Balaban J connectivity index is 2.27. The second kappa shape index (κ2) is 5.34. The number of hydrogen-bond donors (Lipinski definition) is 2. The van der Waals surface area contributed by atoms with E-state index in [9.17, 15) is 12.8 Å². The van der Waals surface area contributed by atoms with Crippen molar-refractivity contribution in [2.45, 2.75) is 43.2 Å². The monoisotopic (exact) mass is 272 g/mol. The van der Waals surface area contributed by atoms with E-state index in [1.54, 1.807) is 0 Å². The van der Waals surface area contributed by atoms with Crippen LogP contribution in [0.1, 0.15) is 31.2 Å². The maximum Gasteiger partial charge on any atom is 0.243 e. The lowest BCUT2D eigenvalue weighted by atomic mass is 10.2. The third kappa shape index (κ3) is 2.88. The molecule has 0 spiro atoms. The molecule has 1 saturated carbocycles. The number of rotatable bonds is 4. The minimum absolute atomic E-state index is 0.0732. The molecular weight excluding hydrogens is 255 g/mol. The zero-order chi connectivity index (χ0) is 13.2. The highest BCUT2D eigenvalue weighted by molar-refractivity contribution is 7.89. The van der Waals surface area contributed by atoms with Crippen molar-refractivity contribution < 1.29 is 12.8 Å². The van der Waals surface area contributed by atoms with E-state index >= 15 is 0 Å². The molecule has 1 fully saturated rings. The molecule has 0 bridgehead atoms. The molecule has 4 nitrogen and oxygen atoms in total. The Morgan fingerprint density at radius 2 is 2.00 bits per heavy atom. The van der Waals surface area contributed by atoms with E-state index in [-0.39, 0.29) is 17.5 Å². The molecule has 0 aliphatic heterocycles. The normalized spacial score (nSPS) is 17.2. The van der Waals surface area contributed by atoms with Crippen molar-refractivity contribution in [1.29, 1.82) is 0 Å². The molecule has 6 heteroatoms. The first-order valence-corrected chi connectivity index (χ1v) is 7.52. The molecule has 18 heavy (non-hydrogen) atoms. The van der Waals surface area contributed by atoms with Crippen LogP contribution in [0.15, 0.2) is 23.1 Å². The standard InChI is InChI=1S/C12H17FN2O2S/c13-11-6-5-9(8-14)7-12(11)18(16,17)15-10-3-1-2-4-10/h5-7,10,15H,1-4,8,14H2. The Kier molecular flexibility index (Phi) is 3.99. The summed E-state index contributed by atoms with van der Waals surface area (Å²) in [5, 5.41) is 0. The highest BCUT2D eigenvalue weighted by atomic mass is 32.2. The average Bonchev–Trinajstić information content (AvgIpc) is 2.81. The van der Waals surface area contributed by atoms with E-state index in [0.29, 0.717) is 5.56 Å². The van der Waals surface area contributed by atoms with E-state index in [1.807, 2.05) is 0 Å². The fourth-order valence-corrected chi connectivity index (χ4v) is 3.64. The second-order valence-electron chi connectivity index (χ2n) is 4.57. The van der Waals surface area contributed by atoms with Crippen molar-refractivity contribution >= 4 is 10.0 Å². The van der Waals surface area contributed by atoms with Crippen molar-refractivity contribution in [2.75, 3.05) is 0 Å². The Hall–Kier alpha value is -0.980. The summed E-state index contributed by atoms with van der Waals surface area (Å²) in [6.07, 6.45) is 3.66. The van der Waals surface area contributed by atoms with Gasteiger partial charge in [-0.3, -0.25) is 0 Å². The molecule has 3 N–H and O–H groups in total.